The Labute approximate surface area is 343 Å². The summed E-state index contributed by atoms with van der Waals surface area (Å²) in [5.41, 5.74) is 21.8. The van der Waals surface area contributed by atoms with Crippen LogP contribution in [-0.2, 0) is 54.4 Å². The van der Waals surface area contributed by atoms with Crippen LogP contribution in [0.25, 0.3) is 0 Å². The third-order valence-electron chi connectivity index (χ3n) is 8.44. The molecule has 0 unspecified atom stereocenters. The number of amides is 8. The van der Waals surface area contributed by atoms with Crippen molar-refractivity contribution in [2.45, 2.75) is 101 Å². The van der Waals surface area contributed by atoms with Crippen LogP contribution < -0.4 is 60.2 Å². The summed E-state index contributed by atoms with van der Waals surface area (Å²) in [6, 6.07) is -2.52. The molecule has 1 aromatic carbocycles. The first-order valence-corrected chi connectivity index (χ1v) is 18.5. The molecule has 1 rings (SSSR count). The zero-order valence-electron chi connectivity index (χ0n) is 32.7. The zero-order chi connectivity index (χ0) is 45.5. The molecule has 25 heteroatoms. The Hall–Kier alpha value is -6.89. The quantitative estimate of drug-likeness (QED) is 0.0212. The molecule has 0 aliphatic carbocycles. The first-order chi connectivity index (χ1) is 28.1. The van der Waals surface area contributed by atoms with E-state index in [-0.39, 0.29) is 31.8 Å². The predicted octanol–water partition coefficient (Wildman–Crippen LogP) is -6.17. The molecule has 0 radical (unpaired) electrons. The average Bonchev–Trinajstić information content (AvgIpc) is 3.17. The molecule has 25 nitrogen and oxygen atoms in total. The van der Waals surface area contributed by atoms with E-state index in [1.807, 2.05) is 5.32 Å². The molecule has 0 saturated heterocycles. The van der Waals surface area contributed by atoms with E-state index in [4.69, 9.17) is 33.5 Å². The minimum absolute atomic E-state index is 0.0862. The Kier molecular flexibility index (Phi) is 22.3. The second-order valence-electron chi connectivity index (χ2n) is 13.4. The normalized spacial score (nSPS) is 14.2. The summed E-state index contributed by atoms with van der Waals surface area (Å²) in [6.07, 6.45) is -2.99. The van der Waals surface area contributed by atoms with Gasteiger partial charge in [0.25, 0.3) is 0 Å². The largest absolute Gasteiger partial charge is 0.481 e. The van der Waals surface area contributed by atoms with E-state index < -0.39 is 140 Å². The molecular formula is C35H54N12O13. The molecule has 0 aromatic heterocycles. The Bertz CT molecular complexity index is 1710. The first kappa shape index (κ1) is 51.1. The number of carboxylic acids is 2. The minimum atomic E-state index is -1.83. The number of rotatable bonds is 28. The number of carboxylic acid groups (broad SMARTS) is 2. The highest BCUT2D eigenvalue weighted by Gasteiger charge is 2.33. The Morgan fingerprint density at radius 2 is 1.08 bits per heavy atom. The molecule has 1 aromatic rings. The van der Waals surface area contributed by atoms with Gasteiger partial charge in [0.2, 0.25) is 47.3 Å². The first-order valence-electron chi connectivity index (χ1n) is 18.5. The lowest BCUT2D eigenvalue weighted by Gasteiger charge is -2.26. The predicted molar refractivity (Wildman–Crippen MR) is 208 cm³/mol. The van der Waals surface area contributed by atoms with Crippen molar-refractivity contribution in [3.05, 3.63) is 35.9 Å². The Morgan fingerprint density at radius 1 is 0.633 bits per heavy atom. The molecule has 0 heterocycles. The van der Waals surface area contributed by atoms with Crippen LogP contribution in [0.3, 0.4) is 0 Å². The maximum absolute atomic E-state index is 13.5. The third-order valence-corrected chi connectivity index (χ3v) is 8.44. The van der Waals surface area contributed by atoms with Crippen LogP contribution in [0.1, 0.15) is 57.4 Å². The highest BCUT2D eigenvalue weighted by atomic mass is 16.4. The molecule has 19 N–H and O–H groups in total. The summed E-state index contributed by atoms with van der Waals surface area (Å²) < 4.78 is 0. The van der Waals surface area contributed by atoms with E-state index in [0.29, 0.717) is 5.56 Å². The number of carbonyl (C=O) groups excluding carboxylic acids is 8. The Morgan fingerprint density at radius 3 is 1.55 bits per heavy atom. The molecule has 0 aliphatic heterocycles. The van der Waals surface area contributed by atoms with Crippen molar-refractivity contribution in [2.75, 3.05) is 13.2 Å². The van der Waals surface area contributed by atoms with Crippen molar-refractivity contribution < 1.29 is 63.3 Å². The number of hydrogen-bond donors (Lipinski definition) is 15. The molecular weight excluding hydrogens is 796 g/mol. The van der Waals surface area contributed by atoms with E-state index in [1.54, 1.807) is 30.3 Å². The SMILES string of the molecule is C[C@H](NC(=O)[C@H](CCC(N)=O)NC(=O)[C@H](CCC(N)=O)NC(=O)[C@H](CC(=O)O)NC(=O)[C@@H](N)CO)C(=O)N[C@@H](CCCNC(=N)N)C(=O)N[C@@H](Cc1ccccc1)C(=O)O. The van der Waals surface area contributed by atoms with Gasteiger partial charge in [0, 0.05) is 25.8 Å². The Balaban J connectivity index is 3.26. The van der Waals surface area contributed by atoms with Gasteiger partial charge in [-0.05, 0) is 38.2 Å². The molecule has 60 heavy (non-hydrogen) atoms. The van der Waals surface area contributed by atoms with Crippen LogP contribution in [0, 0.1) is 5.41 Å². The summed E-state index contributed by atoms with van der Waals surface area (Å²) in [4.78, 5) is 126. The van der Waals surface area contributed by atoms with Crippen LogP contribution in [0.2, 0.25) is 0 Å². The van der Waals surface area contributed by atoms with Gasteiger partial charge in [-0.25, -0.2) is 4.79 Å². The number of aliphatic hydroxyl groups excluding tert-OH is 1. The fourth-order valence-electron chi connectivity index (χ4n) is 5.20. The number of nitrogens with one attached hydrogen (secondary N) is 8. The number of aliphatic hydroxyl groups is 1. The number of aliphatic carboxylic acids is 2. The van der Waals surface area contributed by atoms with E-state index in [0.717, 1.165) is 0 Å². The van der Waals surface area contributed by atoms with Crippen molar-refractivity contribution in [2.24, 2.45) is 22.9 Å². The van der Waals surface area contributed by atoms with Gasteiger partial charge in [0.15, 0.2) is 5.96 Å². The second kappa shape index (κ2) is 26.2. The van der Waals surface area contributed by atoms with Gasteiger partial charge in [0.1, 0.15) is 42.3 Å². The van der Waals surface area contributed by atoms with Crippen LogP contribution in [0.15, 0.2) is 30.3 Å². The number of hydrogen-bond acceptors (Lipinski definition) is 13. The monoisotopic (exact) mass is 850 g/mol. The van der Waals surface area contributed by atoms with Crippen LogP contribution in [0.5, 0.6) is 0 Å². The fourth-order valence-corrected chi connectivity index (χ4v) is 5.20. The average molecular weight is 851 g/mol. The molecule has 0 spiro atoms. The number of primary amides is 2. The summed E-state index contributed by atoms with van der Waals surface area (Å²) in [5, 5.41) is 51.8. The fraction of sp³-hybridized carbons (Fsp3) is 0.514. The van der Waals surface area contributed by atoms with Gasteiger partial charge >= 0.3 is 11.9 Å². The van der Waals surface area contributed by atoms with Crippen molar-refractivity contribution in [1.29, 1.82) is 5.41 Å². The number of benzene rings is 1. The van der Waals surface area contributed by atoms with E-state index in [9.17, 15) is 58.2 Å². The molecule has 7 atom stereocenters. The second-order valence-corrected chi connectivity index (χ2v) is 13.4. The summed E-state index contributed by atoms with van der Waals surface area (Å²) >= 11 is 0. The molecule has 0 bridgehead atoms. The third kappa shape index (κ3) is 20.0. The minimum Gasteiger partial charge on any atom is -0.481 e. The van der Waals surface area contributed by atoms with Gasteiger partial charge in [-0.2, -0.15) is 0 Å². The molecule has 0 aliphatic rings. The number of carbonyl (C=O) groups is 10. The van der Waals surface area contributed by atoms with Crippen molar-refractivity contribution in [1.82, 2.24) is 37.2 Å². The highest BCUT2D eigenvalue weighted by molar-refractivity contribution is 5.98. The van der Waals surface area contributed by atoms with Crippen LogP contribution >= 0.6 is 0 Å². The summed E-state index contributed by atoms with van der Waals surface area (Å²) in [7, 11) is 0. The maximum Gasteiger partial charge on any atom is 0.326 e. The van der Waals surface area contributed by atoms with Crippen molar-refractivity contribution >= 4 is 65.2 Å². The van der Waals surface area contributed by atoms with Crippen molar-refractivity contribution in [3.63, 3.8) is 0 Å². The van der Waals surface area contributed by atoms with Gasteiger partial charge in [-0.3, -0.25) is 48.6 Å². The lowest BCUT2D eigenvalue weighted by Crippen LogP contribution is -2.59. The van der Waals surface area contributed by atoms with Gasteiger partial charge in [0.05, 0.1) is 13.0 Å². The number of nitrogens with two attached hydrogens (primary N) is 4. The lowest BCUT2D eigenvalue weighted by atomic mass is 10.0. The molecule has 0 saturated carbocycles. The zero-order valence-corrected chi connectivity index (χ0v) is 32.7. The van der Waals surface area contributed by atoms with Crippen LogP contribution in [-0.4, -0.2) is 136 Å². The van der Waals surface area contributed by atoms with Gasteiger partial charge in [-0.15, -0.1) is 0 Å². The highest BCUT2D eigenvalue weighted by Crippen LogP contribution is 2.08. The smallest absolute Gasteiger partial charge is 0.326 e. The topological polar surface area (TPSA) is 444 Å². The van der Waals surface area contributed by atoms with Crippen LogP contribution in [0.4, 0.5) is 0 Å². The molecule has 332 valence electrons. The van der Waals surface area contributed by atoms with E-state index in [1.165, 1.54) is 6.92 Å². The van der Waals surface area contributed by atoms with E-state index >= 15 is 0 Å². The van der Waals surface area contributed by atoms with Gasteiger partial charge in [-0.1, -0.05) is 30.3 Å². The van der Waals surface area contributed by atoms with Crippen molar-refractivity contribution in [3.8, 4) is 0 Å². The maximum atomic E-state index is 13.5. The summed E-state index contributed by atoms with van der Waals surface area (Å²) in [5.74, 6) is -11.5. The lowest BCUT2D eigenvalue weighted by molar-refractivity contribution is -0.142. The molecule has 8 amide bonds. The molecule has 0 fully saturated rings. The van der Waals surface area contributed by atoms with Gasteiger partial charge < -0.3 is 75.5 Å². The number of guanidine groups is 1. The van der Waals surface area contributed by atoms with E-state index in [2.05, 4.69) is 31.9 Å². The standard InChI is InChI=1S/C35H54N12O13/c1-17(28(53)43-20(8-5-13-41-35(39)40)31(56)47-24(34(59)60)14-18-6-3-2-4-7-18)42-30(55)21(9-11-25(37)49)44-32(57)22(10-12-26(38)50)45-33(58)23(15-27(51)52)46-29(54)19(36)16-48/h2-4,6-7,17,19-24,48H,5,8-16,36H2,1H3,(H2,37,49)(H2,38,50)(H,42,55)(H,43,53)(H,44,57)(H,45,58)(H,46,54)(H,47,56)(H,51,52)(H,59,60)(H4,39,40,41)/t17-,19-,20-,21-,22-,23-,24-/m0/s1. The summed E-state index contributed by atoms with van der Waals surface area (Å²) in [6.45, 7) is 0.448.